The van der Waals surface area contributed by atoms with Crippen LogP contribution in [0.2, 0.25) is 0 Å². The maximum Gasteiger partial charge on any atom is 0.214 e. The smallest absolute Gasteiger partial charge is 0.214 e. The third-order valence-electron chi connectivity index (χ3n) is 7.34. The Hall–Kier alpha value is -3.46. The van der Waals surface area contributed by atoms with Crippen LogP contribution in [0.25, 0.3) is 11.2 Å². The molecule has 0 amide bonds. The molecule has 1 aliphatic heterocycles. The number of benzene rings is 2. The number of aromatic nitrogens is 4. The van der Waals surface area contributed by atoms with E-state index in [1.54, 1.807) is 13.8 Å². The van der Waals surface area contributed by atoms with Crippen molar-refractivity contribution in [2.24, 2.45) is 0 Å². The minimum Gasteiger partial charge on any atom is -0.387 e. The molecule has 224 valence electrons. The summed E-state index contributed by atoms with van der Waals surface area (Å²) in [6.07, 6.45) is -2.72. The van der Waals surface area contributed by atoms with Gasteiger partial charge in [-0.05, 0) is 25.0 Å². The van der Waals surface area contributed by atoms with E-state index in [1.165, 1.54) is 18.0 Å². The summed E-state index contributed by atoms with van der Waals surface area (Å²) < 4.78 is 40.1. The van der Waals surface area contributed by atoms with Crippen molar-refractivity contribution in [1.29, 1.82) is 0 Å². The molecule has 1 fully saturated rings. The molecule has 5 rings (SSSR count). The number of aliphatic hydroxyl groups is 2. The highest BCUT2D eigenvalue weighted by molar-refractivity contribution is 7.90. The molecule has 4 N–H and O–H groups in total. The SMILES string of the molecule is COCC1OC(n2cnc3c(NCC(c4ccccc4)c4ccccc4)nc(CNS(=O)(=O)C(C)C)nc32)C(O)C1O. The van der Waals surface area contributed by atoms with Crippen molar-refractivity contribution in [3.63, 3.8) is 0 Å². The van der Waals surface area contributed by atoms with E-state index in [0.29, 0.717) is 23.5 Å². The molecule has 0 bridgehead atoms. The molecule has 0 radical (unpaired) electrons. The highest BCUT2D eigenvalue weighted by Gasteiger charge is 2.44. The van der Waals surface area contributed by atoms with Gasteiger partial charge >= 0.3 is 0 Å². The summed E-state index contributed by atoms with van der Waals surface area (Å²) >= 11 is 0. The van der Waals surface area contributed by atoms with E-state index in [9.17, 15) is 18.6 Å². The molecule has 13 heteroatoms. The van der Waals surface area contributed by atoms with Crippen LogP contribution in [-0.2, 0) is 26.0 Å². The zero-order valence-corrected chi connectivity index (χ0v) is 24.5. The first-order valence-electron chi connectivity index (χ1n) is 13.8. The second-order valence-electron chi connectivity index (χ2n) is 10.5. The van der Waals surface area contributed by atoms with Gasteiger partial charge in [0.2, 0.25) is 10.0 Å². The summed E-state index contributed by atoms with van der Waals surface area (Å²) in [5.41, 5.74) is 2.94. The third kappa shape index (κ3) is 6.31. The third-order valence-corrected chi connectivity index (χ3v) is 9.13. The lowest BCUT2D eigenvalue weighted by Gasteiger charge is -2.20. The molecule has 0 spiro atoms. The van der Waals surface area contributed by atoms with Gasteiger partial charge in [0.15, 0.2) is 23.2 Å². The summed E-state index contributed by atoms with van der Waals surface area (Å²) in [5.74, 6) is 0.580. The van der Waals surface area contributed by atoms with Crippen molar-refractivity contribution >= 4 is 27.0 Å². The fourth-order valence-corrected chi connectivity index (χ4v) is 5.60. The second kappa shape index (κ2) is 12.8. The summed E-state index contributed by atoms with van der Waals surface area (Å²) in [4.78, 5) is 13.8. The van der Waals surface area contributed by atoms with Gasteiger partial charge in [0.1, 0.15) is 24.1 Å². The number of methoxy groups -OCH3 is 1. The quantitative estimate of drug-likeness (QED) is 0.191. The maximum absolute atomic E-state index is 12.5. The van der Waals surface area contributed by atoms with Gasteiger partial charge in [-0.1, -0.05) is 60.7 Å². The van der Waals surface area contributed by atoms with Gasteiger partial charge in [-0.15, -0.1) is 0 Å². The number of hydrogen-bond donors (Lipinski definition) is 4. The van der Waals surface area contributed by atoms with Crippen molar-refractivity contribution in [1.82, 2.24) is 24.2 Å². The first kappa shape index (κ1) is 30.0. The van der Waals surface area contributed by atoms with Crippen molar-refractivity contribution in [2.75, 3.05) is 25.6 Å². The highest BCUT2D eigenvalue weighted by atomic mass is 32.2. The summed E-state index contributed by atoms with van der Waals surface area (Å²) in [5, 5.41) is 24.1. The molecule has 1 aliphatic rings. The largest absolute Gasteiger partial charge is 0.387 e. The Morgan fingerprint density at radius 2 is 1.64 bits per heavy atom. The van der Waals surface area contributed by atoms with E-state index >= 15 is 0 Å². The molecule has 4 aromatic rings. The monoisotopic (exact) mass is 596 g/mol. The van der Waals surface area contributed by atoms with Crippen LogP contribution in [-0.4, -0.2) is 82.0 Å². The van der Waals surface area contributed by atoms with E-state index in [4.69, 9.17) is 9.47 Å². The van der Waals surface area contributed by atoms with Crippen molar-refractivity contribution in [3.05, 3.63) is 83.9 Å². The van der Waals surface area contributed by atoms with E-state index < -0.39 is 39.8 Å². The Morgan fingerprint density at radius 3 is 2.24 bits per heavy atom. The van der Waals surface area contributed by atoms with Crippen molar-refractivity contribution < 1.29 is 28.1 Å². The average Bonchev–Trinajstić information content (AvgIpc) is 3.54. The van der Waals surface area contributed by atoms with Gasteiger partial charge in [-0.25, -0.2) is 28.1 Å². The van der Waals surface area contributed by atoms with E-state index in [0.717, 1.165) is 11.1 Å². The van der Waals surface area contributed by atoms with E-state index in [-0.39, 0.29) is 24.9 Å². The molecule has 0 aliphatic carbocycles. The minimum absolute atomic E-state index is 0.0210. The van der Waals surface area contributed by atoms with E-state index in [2.05, 4.69) is 49.3 Å². The predicted octanol–water partition coefficient (Wildman–Crippen LogP) is 2.16. The predicted molar refractivity (Wildman–Crippen MR) is 157 cm³/mol. The number of fused-ring (bicyclic) bond motifs is 1. The van der Waals surface area contributed by atoms with Crippen LogP contribution in [0.15, 0.2) is 67.0 Å². The fraction of sp³-hybridized carbons (Fsp3) is 0.414. The lowest BCUT2D eigenvalue weighted by atomic mass is 9.91. The van der Waals surface area contributed by atoms with Crippen molar-refractivity contribution in [3.8, 4) is 0 Å². The first-order valence-corrected chi connectivity index (χ1v) is 15.3. The van der Waals surface area contributed by atoms with Gasteiger partial charge < -0.3 is 25.0 Å². The van der Waals surface area contributed by atoms with Gasteiger partial charge in [0.05, 0.1) is 24.7 Å². The first-order chi connectivity index (χ1) is 20.2. The molecular weight excluding hydrogens is 560 g/mol. The molecule has 12 nitrogen and oxygen atoms in total. The van der Waals surface area contributed by atoms with Gasteiger partial charge in [0, 0.05) is 19.6 Å². The van der Waals surface area contributed by atoms with Crippen LogP contribution >= 0.6 is 0 Å². The van der Waals surface area contributed by atoms with Crippen LogP contribution in [0.1, 0.15) is 42.9 Å². The van der Waals surface area contributed by atoms with Gasteiger partial charge in [-0.2, -0.15) is 0 Å². The Kier molecular flexibility index (Phi) is 9.16. The lowest BCUT2D eigenvalue weighted by molar-refractivity contribution is -0.0580. The number of hydrogen-bond acceptors (Lipinski definition) is 10. The molecule has 3 heterocycles. The molecular formula is C29H36N6O6S. The summed E-state index contributed by atoms with van der Waals surface area (Å²) in [7, 11) is -2.10. The number of sulfonamides is 1. The summed E-state index contributed by atoms with van der Waals surface area (Å²) in [6.45, 7) is 3.57. The molecule has 1 saturated heterocycles. The summed E-state index contributed by atoms with van der Waals surface area (Å²) in [6, 6.07) is 20.2. The number of aliphatic hydroxyl groups excluding tert-OH is 2. The molecule has 4 atom stereocenters. The molecule has 42 heavy (non-hydrogen) atoms. The lowest BCUT2D eigenvalue weighted by Crippen LogP contribution is -2.33. The molecule has 0 saturated carbocycles. The minimum atomic E-state index is -3.59. The van der Waals surface area contributed by atoms with Crippen LogP contribution in [0.3, 0.4) is 0 Å². The Balaban J connectivity index is 1.52. The van der Waals surface area contributed by atoms with Crippen LogP contribution < -0.4 is 10.0 Å². The number of rotatable bonds is 12. The number of ether oxygens (including phenoxy) is 2. The Labute approximate surface area is 244 Å². The molecule has 4 unspecified atom stereocenters. The number of imidazole rings is 1. The zero-order chi connectivity index (χ0) is 29.9. The fourth-order valence-electron chi connectivity index (χ4n) is 4.94. The normalized spacial score (nSPS) is 21.0. The molecule has 2 aromatic carbocycles. The standard InChI is InChI=1S/C29H36N6O6S/c1-18(2)42(38,39)32-15-23-33-27(30-14-21(19-10-6-4-7-11-19)20-12-8-5-9-13-20)24-28(34-23)35(17-31-24)29-26(37)25(36)22(41-29)16-40-3/h4-13,17-18,21-22,25-26,29,32,36-37H,14-16H2,1-3H3,(H,30,33,34). The average molecular weight is 597 g/mol. The molecule has 2 aromatic heterocycles. The van der Waals surface area contributed by atoms with Crippen LogP contribution in [0.4, 0.5) is 5.82 Å². The number of anilines is 1. The Morgan fingerprint density at radius 1 is 1.00 bits per heavy atom. The Bertz CT molecular complexity index is 1540. The van der Waals surface area contributed by atoms with Crippen LogP contribution in [0, 0.1) is 0 Å². The topological polar surface area (TPSA) is 161 Å². The van der Waals surface area contributed by atoms with Crippen molar-refractivity contribution in [2.45, 2.75) is 56.1 Å². The zero-order valence-electron chi connectivity index (χ0n) is 23.7. The number of nitrogens with one attached hydrogen (secondary N) is 2. The van der Waals surface area contributed by atoms with Gasteiger partial charge in [0.25, 0.3) is 0 Å². The van der Waals surface area contributed by atoms with E-state index in [1.807, 2.05) is 36.4 Å². The number of nitrogens with zero attached hydrogens (tertiary/aromatic N) is 4. The highest BCUT2D eigenvalue weighted by Crippen LogP contribution is 2.33. The maximum atomic E-state index is 12.5. The van der Waals surface area contributed by atoms with Crippen LogP contribution in [0.5, 0.6) is 0 Å². The second-order valence-corrected chi connectivity index (χ2v) is 12.8. The van der Waals surface area contributed by atoms with Gasteiger partial charge in [-0.3, -0.25) is 4.57 Å².